The molecule has 3 atom stereocenters. The number of amides is 8. The zero-order valence-corrected chi connectivity index (χ0v) is 41.3. The summed E-state index contributed by atoms with van der Waals surface area (Å²) in [5.41, 5.74) is 6.69. The highest BCUT2D eigenvalue weighted by Crippen LogP contribution is 2.46. The predicted octanol–water partition coefficient (Wildman–Crippen LogP) is 0.364. The van der Waals surface area contributed by atoms with Crippen LogP contribution in [0, 0.1) is 12.7 Å². The molecule has 2 aromatic carbocycles. The number of halogens is 1. The van der Waals surface area contributed by atoms with Gasteiger partial charge in [0, 0.05) is 54.1 Å². The minimum atomic E-state index is -2.09. The minimum Gasteiger partial charge on any atom is -0.458 e. The molecule has 75 heavy (non-hydrogen) atoms. The number of nitrogens with zero attached hydrogens (tertiary/aromatic N) is 4. The molecule has 1 aliphatic carbocycles. The second-order valence-corrected chi connectivity index (χ2v) is 18.6. The largest absolute Gasteiger partial charge is 0.458 e. The van der Waals surface area contributed by atoms with Crippen LogP contribution >= 0.6 is 0 Å². The summed E-state index contributed by atoms with van der Waals surface area (Å²) >= 11 is 0. The van der Waals surface area contributed by atoms with E-state index in [4.69, 9.17) is 20.2 Å². The van der Waals surface area contributed by atoms with Crippen molar-refractivity contribution < 1.29 is 62.1 Å². The number of hydrogen-bond donors (Lipinski definition) is 6. The van der Waals surface area contributed by atoms with Gasteiger partial charge in [0.2, 0.25) is 35.4 Å². The first-order valence-electron chi connectivity index (χ1n) is 24.6. The van der Waals surface area contributed by atoms with Crippen LogP contribution in [-0.4, -0.2) is 123 Å². The van der Waals surface area contributed by atoms with E-state index in [-0.39, 0.29) is 68.6 Å². The highest BCUT2D eigenvalue weighted by molar-refractivity contribution is 6.12. The number of carbonyl (C=O) groups excluding carboxylic acids is 9. The van der Waals surface area contributed by atoms with Gasteiger partial charge in [-0.1, -0.05) is 43.7 Å². The Morgan fingerprint density at radius 2 is 1.69 bits per heavy atom. The van der Waals surface area contributed by atoms with E-state index in [1.165, 1.54) is 22.8 Å². The molecule has 0 bridgehead atoms. The number of unbranched alkanes of at least 4 members (excludes halogenated alkanes) is 2. The lowest BCUT2D eigenvalue weighted by atomic mass is 9.81. The molecule has 0 unspecified atom stereocenters. The molecule has 0 radical (unpaired) electrons. The summed E-state index contributed by atoms with van der Waals surface area (Å²) in [5.74, 6) is -6.69. The maximum absolute atomic E-state index is 15.5. The van der Waals surface area contributed by atoms with Crippen LogP contribution in [0.3, 0.4) is 0 Å². The van der Waals surface area contributed by atoms with E-state index in [0.717, 1.165) is 9.80 Å². The number of imide groups is 2. The van der Waals surface area contributed by atoms with Gasteiger partial charge in [0.1, 0.15) is 31.8 Å². The minimum absolute atomic E-state index is 0.000102. The standard InChI is InChI=1S/C52H56FN9O13/c1-3-52(73)33-19-38-48-31(24-61(38)50(71)32(33)25-75-51(52)72)47-35(14-13-30-28(2)34(53)20-36(59-48)46(30)47)57-41(65)26-74-27-62(42(66)12-8-5-9-17-60-43(67)15-16-44(60)68)45(69)23-56-49(70)37(18-29-10-6-4-7-11-29)58-40(64)22-55-39(63)21-54/h4,6-7,10-11,15-16,19-20,35,37,73H,3,5,8-9,12-14,17-18,21-27,54H2,1-2H3,(H,55,63)(H,56,70)(H,57,65)(H,58,64)/t35-,37-,52-/m0/s1. The number of esters is 1. The van der Waals surface area contributed by atoms with Gasteiger partial charge in [-0.05, 0) is 67.3 Å². The average Bonchev–Trinajstić information content (AvgIpc) is 3.94. The second-order valence-electron chi connectivity index (χ2n) is 18.6. The number of cyclic esters (lactones) is 1. The highest BCUT2D eigenvalue weighted by Gasteiger charge is 2.46. The summed E-state index contributed by atoms with van der Waals surface area (Å²) in [5, 5.41) is 22.3. The maximum Gasteiger partial charge on any atom is 0.343 e. The monoisotopic (exact) mass is 1030 g/mol. The molecule has 394 valence electrons. The number of benzene rings is 2. The Bertz CT molecular complexity index is 3110. The Kier molecular flexibility index (Phi) is 16.1. The molecular formula is C52H56FN9O13. The molecule has 0 fully saturated rings. The Balaban J connectivity index is 0.981. The third kappa shape index (κ3) is 11.1. The molecular weight excluding hydrogens is 978 g/mol. The number of rotatable bonds is 21. The van der Waals surface area contributed by atoms with Gasteiger partial charge in [-0.2, -0.15) is 0 Å². The molecule has 5 heterocycles. The van der Waals surface area contributed by atoms with E-state index in [0.29, 0.717) is 70.3 Å². The van der Waals surface area contributed by atoms with Crippen LogP contribution in [0.4, 0.5) is 4.39 Å². The van der Waals surface area contributed by atoms with Gasteiger partial charge in [0.15, 0.2) is 5.60 Å². The van der Waals surface area contributed by atoms with Crippen molar-refractivity contribution in [2.45, 2.75) is 96.1 Å². The highest BCUT2D eigenvalue weighted by atomic mass is 19.1. The number of fused-ring (bicyclic) bond motifs is 5. The summed E-state index contributed by atoms with van der Waals surface area (Å²) in [6, 6.07) is 9.54. The summed E-state index contributed by atoms with van der Waals surface area (Å²) in [6.45, 7) is 0.0335. The molecule has 22 nitrogen and oxygen atoms in total. The predicted molar refractivity (Wildman–Crippen MR) is 263 cm³/mol. The third-order valence-electron chi connectivity index (χ3n) is 13.9. The van der Waals surface area contributed by atoms with Crippen LogP contribution in [0.15, 0.2) is 59.4 Å². The molecule has 3 aliphatic heterocycles. The fourth-order valence-corrected chi connectivity index (χ4v) is 9.89. The zero-order valence-electron chi connectivity index (χ0n) is 41.3. The van der Waals surface area contributed by atoms with Gasteiger partial charge >= 0.3 is 5.97 Å². The first kappa shape index (κ1) is 53.3. The van der Waals surface area contributed by atoms with Crippen LogP contribution < -0.4 is 32.6 Å². The van der Waals surface area contributed by atoms with Gasteiger partial charge in [0.25, 0.3) is 17.4 Å². The molecule has 4 aromatic rings. The van der Waals surface area contributed by atoms with Gasteiger partial charge < -0.3 is 46.1 Å². The van der Waals surface area contributed by atoms with Crippen molar-refractivity contribution in [2.75, 3.05) is 39.5 Å². The van der Waals surface area contributed by atoms with Gasteiger partial charge in [-0.3, -0.25) is 53.0 Å². The Morgan fingerprint density at radius 3 is 2.41 bits per heavy atom. The van der Waals surface area contributed by atoms with Crippen molar-refractivity contribution in [3.05, 3.63) is 110 Å². The Morgan fingerprint density at radius 1 is 0.947 bits per heavy atom. The Hall–Kier alpha value is -8.02. The molecule has 0 spiro atoms. The fraction of sp³-hybridized carbons (Fsp3) is 0.404. The molecule has 8 rings (SSSR count). The SMILES string of the molecule is CC[C@@]1(O)C(=O)OCc2c1cc1n(c2=O)Cc2c-1nc1cc(F)c(C)c3c1c2[C@@H](NC(=O)COCN(C(=O)CCCCCN1C(=O)C=CC1=O)C(=O)CNC(=O)[C@H](Cc1ccccc1)NC(=O)CNC(=O)CN)CC3. The number of carbonyl (C=O) groups is 9. The van der Waals surface area contributed by atoms with E-state index in [2.05, 4.69) is 21.3 Å². The van der Waals surface area contributed by atoms with Crippen molar-refractivity contribution in [3.63, 3.8) is 0 Å². The fourth-order valence-electron chi connectivity index (χ4n) is 9.89. The van der Waals surface area contributed by atoms with Crippen molar-refractivity contribution >= 4 is 64.1 Å². The first-order valence-corrected chi connectivity index (χ1v) is 24.6. The normalized spacial score (nSPS) is 17.4. The van der Waals surface area contributed by atoms with E-state index < -0.39 is 109 Å². The second kappa shape index (κ2) is 22.6. The summed E-state index contributed by atoms with van der Waals surface area (Å²) < 4.78 is 27.9. The van der Waals surface area contributed by atoms with Gasteiger partial charge in [-0.25, -0.2) is 14.2 Å². The molecule has 8 amide bonds. The number of aryl methyl sites for hydroxylation is 1. The molecule has 7 N–H and O–H groups in total. The number of aromatic nitrogens is 2. The van der Waals surface area contributed by atoms with Crippen molar-refractivity contribution in [1.29, 1.82) is 0 Å². The zero-order chi connectivity index (χ0) is 53.7. The van der Waals surface area contributed by atoms with E-state index >= 15 is 4.39 Å². The molecule has 0 saturated heterocycles. The molecule has 0 saturated carbocycles. The number of nitrogens with one attached hydrogen (secondary N) is 4. The molecule has 4 aliphatic rings. The van der Waals surface area contributed by atoms with Crippen LogP contribution in [0.25, 0.3) is 22.3 Å². The summed E-state index contributed by atoms with van der Waals surface area (Å²) in [6.07, 6.45) is 3.67. The van der Waals surface area contributed by atoms with E-state index in [1.54, 1.807) is 50.2 Å². The maximum atomic E-state index is 15.5. The summed E-state index contributed by atoms with van der Waals surface area (Å²) in [7, 11) is 0. The average molecular weight is 1030 g/mol. The summed E-state index contributed by atoms with van der Waals surface area (Å²) in [4.78, 5) is 137. The smallest absolute Gasteiger partial charge is 0.343 e. The van der Waals surface area contributed by atoms with Crippen molar-refractivity contribution in [3.8, 4) is 11.4 Å². The van der Waals surface area contributed by atoms with Gasteiger partial charge in [-0.15, -0.1) is 0 Å². The lowest BCUT2D eigenvalue weighted by Crippen LogP contribution is -2.53. The first-order chi connectivity index (χ1) is 35.9. The number of pyridine rings is 2. The number of nitrogens with two attached hydrogens (primary N) is 1. The van der Waals surface area contributed by atoms with E-state index in [9.17, 15) is 53.1 Å². The van der Waals surface area contributed by atoms with Crippen LogP contribution in [0.5, 0.6) is 0 Å². The van der Waals surface area contributed by atoms with Crippen LogP contribution in [0.2, 0.25) is 0 Å². The number of ether oxygens (including phenoxy) is 2. The van der Waals surface area contributed by atoms with Crippen LogP contribution in [0.1, 0.15) is 90.4 Å². The third-order valence-corrected chi connectivity index (χ3v) is 13.9. The lowest BCUT2D eigenvalue weighted by molar-refractivity contribution is -0.172. The van der Waals surface area contributed by atoms with E-state index in [1.807, 2.05) is 0 Å². The molecule has 2 aromatic heterocycles. The Labute approximate surface area is 428 Å². The van der Waals surface area contributed by atoms with Crippen LogP contribution in [-0.2, 0) is 84.2 Å². The van der Waals surface area contributed by atoms with Gasteiger partial charge in [0.05, 0.1) is 54.7 Å². The number of aliphatic hydroxyl groups is 1. The van der Waals surface area contributed by atoms with Crippen molar-refractivity contribution in [1.82, 2.24) is 40.6 Å². The molecule has 23 heteroatoms. The number of hydrogen-bond acceptors (Lipinski definition) is 15. The lowest BCUT2D eigenvalue weighted by Gasteiger charge is -2.31. The quantitative estimate of drug-likeness (QED) is 0.0250. The topological polar surface area (TPSA) is 308 Å². The van der Waals surface area contributed by atoms with Crippen molar-refractivity contribution in [2.24, 2.45) is 5.73 Å².